The summed E-state index contributed by atoms with van der Waals surface area (Å²) >= 11 is 0. The molecule has 3 heterocycles. The second kappa shape index (κ2) is 10.7. The number of hydrogen-bond donors (Lipinski definition) is 2. The second-order valence-corrected chi connectivity index (χ2v) is 11.6. The molecule has 218 valence electrons. The van der Waals surface area contributed by atoms with Crippen LogP contribution in [0.25, 0.3) is 0 Å². The summed E-state index contributed by atoms with van der Waals surface area (Å²) in [4.78, 5) is 48.0. The maximum atomic E-state index is 13.6. The zero-order valence-corrected chi connectivity index (χ0v) is 23.2. The SMILES string of the molecule is CC(C)(C)C1=N[C@H](NC(=O)N2CCC(N3Cc4ccccc4NC3=O)CC2)C(=O)N(CC(F)(F)F)c2ccccc21. The smallest absolute Gasteiger partial charge is 0.325 e. The molecule has 0 aromatic heterocycles. The quantitative estimate of drug-likeness (QED) is 0.545. The third kappa shape index (κ3) is 6.01. The molecule has 2 aromatic carbocycles. The first-order valence-corrected chi connectivity index (χ1v) is 13.6. The van der Waals surface area contributed by atoms with E-state index < -0.39 is 36.2 Å². The van der Waals surface area contributed by atoms with Gasteiger partial charge in [0.1, 0.15) is 6.54 Å². The molecule has 1 saturated heterocycles. The number of alkyl halides is 3. The van der Waals surface area contributed by atoms with Crippen molar-refractivity contribution < 1.29 is 27.6 Å². The Kier molecular flexibility index (Phi) is 7.43. The molecule has 0 spiro atoms. The fourth-order valence-corrected chi connectivity index (χ4v) is 5.57. The molecule has 0 unspecified atom stereocenters. The van der Waals surface area contributed by atoms with Gasteiger partial charge in [0.2, 0.25) is 6.17 Å². The first kappa shape index (κ1) is 28.4. The highest BCUT2D eigenvalue weighted by atomic mass is 19.4. The summed E-state index contributed by atoms with van der Waals surface area (Å²) in [6.45, 7) is 5.14. The summed E-state index contributed by atoms with van der Waals surface area (Å²) in [6.07, 6.45) is -5.16. The van der Waals surface area contributed by atoms with E-state index >= 15 is 0 Å². The number of benzene rings is 2. The van der Waals surface area contributed by atoms with Crippen molar-refractivity contribution in [1.29, 1.82) is 0 Å². The lowest BCUT2D eigenvalue weighted by Gasteiger charge is -2.40. The molecule has 5 rings (SSSR count). The molecule has 0 saturated carbocycles. The molecule has 5 amide bonds. The second-order valence-electron chi connectivity index (χ2n) is 11.6. The highest BCUT2D eigenvalue weighted by molar-refractivity contribution is 6.15. The van der Waals surface area contributed by atoms with E-state index in [1.54, 1.807) is 23.1 Å². The normalized spacial score (nSPS) is 20.1. The summed E-state index contributed by atoms with van der Waals surface area (Å²) in [5.74, 6) is -0.957. The van der Waals surface area contributed by atoms with Gasteiger partial charge in [-0.3, -0.25) is 14.7 Å². The van der Waals surface area contributed by atoms with Crippen molar-refractivity contribution in [2.24, 2.45) is 10.4 Å². The zero-order chi connectivity index (χ0) is 29.5. The van der Waals surface area contributed by atoms with Crippen LogP contribution in [0.5, 0.6) is 0 Å². The summed E-state index contributed by atoms with van der Waals surface area (Å²) in [5, 5.41) is 5.50. The van der Waals surface area contributed by atoms with Crippen LogP contribution in [-0.2, 0) is 11.3 Å². The van der Waals surface area contributed by atoms with E-state index in [0.717, 1.165) is 11.3 Å². The standard InChI is InChI=1S/C29H33F3N6O3/c1-28(2,3)23-20-9-5-7-11-22(20)38(17-29(30,31)32)25(39)24(34-23)35-26(40)36-14-12-19(13-15-36)37-16-18-8-4-6-10-21(18)33-27(37)41/h4-11,19,24H,12-17H2,1-3H3,(H,33,41)(H,35,40)/t24-/m1/s1. The van der Waals surface area contributed by atoms with E-state index in [9.17, 15) is 27.6 Å². The zero-order valence-electron chi connectivity index (χ0n) is 23.2. The van der Waals surface area contributed by atoms with Crippen molar-refractivity contribution in [3.8, 4) is 0 Å². The number of carbonyl (C=O) groups is 3. The molecule has 0 aliphatic carbocycles. The van der Waals surface area contributed by atoms with Gasteiger partial charge in [0.15, 0.2) is 0 Å². The number of benzodiazepines with no additional fused rings is 1. The van der Waals surface area contributed by atoms with E-state index in [1.807, 2.05) is 45.0 Å². The summed E-state index contributed by atoms with van der Waals surface area (Å²) in [7, 11) is 0. The maximum Gasteiger partial charge on any atom is 0.406 e. The van der Waals surface area contributed by atoms with Crippen LogP contribution < -0.4 is 15.5 Å². The molecule has 3 aliphatic heterocycles. The maximum absolute atomic E-state index is 13.6. The average molecular weight is 571 g/mol. The number of para-hydroxylation sites is 2. The Bertz CT molecular complexity index is 1380. The molecule has 12 heteroatoms. The average Bonchev–Trinajstić information content (AvgIpc) is 3.02. The van der Waals surface area contributed by atoms with Crippen molar-refractivity contribution >= 4 is 35.1 Å². The molecule has 1 fully saturated rings. The number of aliphatic imine (C=N–C) groups is 1. The molecular weight excluding hydrogens is 537 g/mol. The van der Waals surface area contributed by atoms with Gasteiger partial charge in [-0.25, -0.2) is 9.59 Å². The molecule has 1 atom stereocenters. The molecule has 2 aromatic rings. The van der Waals surface area contributed by atoms with Crippen LogP contribution >= 0.6 is 0 Å². The molecule has 41 heavy (non-hydrogen) atoms. The van der Waals surface area contributed by atoms with Crippen molar-refractivity contribution in [2.45, 2.75) is 58.5 Å². The summed E-state index contributed by atoms with van der Waals surface area (Å²) < 4.78 is 40.8. The van der Waals surface area contributed by atoms with Gasteiger partial charge in [-0.2, -0.15) is 13.2 Å². The highest BCUT2D eigenvalue weighted by Gasteiger charge is 2.42. The molecule has 0 bridgehead atoms. The molecule has 9 nitrogen and oxygen atoms in total. The van der Waals surface area contributed by atoms with E-state index in [2.05, 4.69) is 15.6 Å². The Labute approximate surface area is 236 Å². The van der Waals surface area contributed by atoms with Crippen LogP contribution in [0.3, 0.4) is 0 Å². The lowest BCUT2D eigenvalue weighted by atomic mass is 9.84. The third-order valence-electron chi connectivity index (χ3n) is 7.57. The summed E-state index contributed by atoms with van der Waals surface area (Å²) in [5.41, 5.74) is 2.11. The van der Waals surface area contributed by atoms with Crippen LogP contribution in [0.15, 0.2) is 53.5 Å². The third-order valence-corrected chi connectivity index (χ3v) is 7.57. The Morgan fingerprint density at radius 2 is 1.68 bits per heavy atom. The van der Waals surface area contributed by atoms with Gasteiger partial charge in [-0.05, 0) is 30.5 Å². The Morgan fingerprint density at radius 1 is 1.02 bits per heavy atom. The number of halogens is 3. The van der Waals surface area contributed by atoms with Crippen molar-refractivity contribution in [3.63, 3.8) is 0 Å². The van der Waals surface area contributed by atoms with Crippen LogP contribution in [-0.4, -0.2) is 71.5 Å². The van der Waals surface area contributed by atoms with Crippen LogP contribution in [0.4, 0.5) is 34.1 Å². The number of nitrogens with one attached hydrogen (secondary N) is 2. The Hall–Kier alpha value is -4.09. The Balaban J connectivity index is 1.32. The van der Waals surface area contributed by atoms with E-state index in [4.69, 9.17) is 0 Å². The number of anilines is 2. The number of carbonyl (C=O) groups excluding carboxylic acids is 3. The van der Waals surface area contributed by atoms with Gasteiger partial charge in [-0.15, -0.1) is 0 Å². The number of piperidine rings is 1. The van der Waals surface area contributed by atoms with E-state index in [1.165, 1.54) is 11.0 Å². The predicted molar refractivity (Wildman–Crippen MR) is 149 cm³/mol. The number of nitrogens with zero attached hydrogens (tertiary/aromatic N) is 4. The molecule has 2 N–H and O–H groups in total. The Morgan fingerprint density at radius 3 is 2.37 bits per heavy atom. The van der Waals surface area contributed by atoms with Gasteiger partial charge in [0, 0.05) is 42.3 Å². The lowest BCUT2D eigenvalue weighted by Crippen LogP contribution is -2.56. The highest BCUT2D eigenvalue weighted by Crippen LogP contribution is 2.34. The van der Waals surface area contributed by atoms with Gasteiger partial charge < -0.3 is 20.4 Å². The fourth-order valence-electron chi connectivity index (χ4n) is 5.57. The van der Waals surface area contributed by atoms with Crippen molar-refractivity contribution in [2.75, 3.05) is 29.9 Å². The van der Waals surface area contributed by atoms with E-state index in [-0.39, 0.29) is 17.8 Å². The minimum absolute atomic E-state index is 0.0887. The number of likely N-dealkylation sites (tertiary alicyclic amines) is 1. The largest absolute Gasteiger partial charge is 0.406 e. The van der Waals surface area contributed by atoms with Crippen molar-refractivity contribution in [1.82, 2.24) is 15.1 Å². The molecule has 0 radical (unpaired) electrons. The van der Waals surface area contributed by atoms with Crippen LogP contribution in [0.2, 0.25) is 0 Å². The number of fused-ring (bicyclic) bond motifs is 2. The van der Waals surface area contributed by atoms with Gasteiger partial charge in [-0.1, -0.05) is 57.2 Å². The van der Waals surface area contributed by atoms with Crippen LogP contribution in [0, 0.1) is 5.41 Å². The predicted octanol–water partition coefficient (Wildman–Crippen LogP) is 4.98. The first-order valence-electron chi connectivity index (χ1n) is 13.6. The van der Waals surface area contributed by atoms with Gasteiger partial charge in [0.25, 0.3) is 5.91 Å². The van der Waals surface area contributed by atoms with Gasteiger partial charge >= 0.3 is 18.2 Å². The lowest BCUT2D eigenvalue weighted by molar-refractivity contribution is -0.133. The molecular formula is C29H33F3N6O3. The first-order chi connectivity index (χ1) is 19.3. The number of amides is 5. The van der Waals surface area contributed by atoms with Gasteiger partial charge in [0.05, 0.1) is 11.4 Å². The number of rotatable bonds is 3. The monoisotopic (exact) mass is 570 g/mol. The molecule has 3 aliphatic rings. The fraction of sp³-hybridized carbons (Fsp3) is 0.448. The topological polar surface area (TPSA) is 97.4 Å². The number of hydrogen-bond acceptors (Lipinski definition) is 4. The van der Waals surface area contributed by atoms with Crippen molar-refractivity contribution in [3.05, 3.63) is 59.7 Å². The minimum Gasteiger partial charge on any atom is -0.325 e. The van der Waals surface area contributed by atoms with Crippen LogP contribution in [0.1, 0.15) is 44.7 Å². The minimum atomic E-state index is -4.66. The number of urea groups is 2. The summed E-state index contributed by atoms with van der Waals surface area (Å²) in [6, 6.07) is 13.1. The van der Waals surface area contributed by atoms with E-state index in [0.29, 0.717) is 48.7 Å².